The largest absolute Gasteiger partial charge is 0.478 e. The summed E-state index contributed by atoms with van der Waals surface area (Å²) >= 11 is 0. The minimum atomic E-state index is -0.948. The van der Waals surface area contributed by atoms with Crippen LogP contribution in [0.1, 0.15) is 37.0 Å². The van der Waals surface area contributed by atoms with Gasteiger partial charge in [0.15, 0.2) is 0 Å². The van der Waals surface area contributed by atoms with E-state index in [1.165, 1.54) is 0 Å². The molecule has 5 heteroatoms. The molecular formula is C16H20N2O3. The van der Waals surface area contributed by atoms with Crippen molar-refractivity contribution in [3.05, 3.63) is 36.0 Å². The molecule has 112 valence electrons. The summed E-state index contributed by atoms with van der Waals surface area (Å²) in [6.07, 6.45) is 3.80. The highest BCUT2D eigenvalue weighted by Crippen LogP contribution is 2.17. The summed E-state index contributed by atoms with van der Waals surface area (Å²) in [5, 5.41) is 12.8. The SMILES string of the molecule is CCCC(C)NC(=O)Cn1ccc2cc(C(=O)O)ccc21. The Labute approximate surface area is 123 Å². The molecule has 2 rings (SSSR count). The van der Waals surface area contributed by atoms with Crippen molar-refractivity contribution in [1.29, 1.82) is 0 Å². The number of hydrogen-bond acceptors (Lipinski definition) is 2. The number of hydrogen-bond donors (Lipinski definition) is 2. The van der Waals surface area contributed by atoms with Gasteiger partial charge in [-0.3, -0.25) is 4.79 Å². The van der Waals surface area contributed by atoms with E-state index < -0.39 is 5.97 Å². The van der Waals surface area contributed by atoms with Crippen LogP contribution in [0.4, 0.5) is 0 Å². The maximum Gasteiger partial charge on any atom is 0.335 e. The average molecular weight is 288 g/mol. The molecule has 1 aromatic carbocycles. The summed E-state index contributed by atoms with van der Waals surface area (Å²) < 4.78 is 1.83. The van der Waals surface area contributed by atoms with Crippen molar-refractivity contribution in [2.75, 3.05) is 0 Å². The van der Waals surface area contributed by atoms with Gasteiger partial charge in [0.25, 0.3) is 0 Å². The number of benzene rings is 1. The molecule has 1 heterocycles. The zero-order chi connectivity index (χ0) is 15.4. The third-order valence-corrected chi connectivity index (χ3v) is 3.46. The van der Waals surface area contributed by atoms with Crippen molar-refractivity contribution in [1.82, 2.24) is 9.88 Å². The molecule has 0 saturated heterocycles. The van der Waals surface area contributed by atoms with Gasteiger partial charge in [-0.15, -0.1) is 0 Å². The first kappa shape index (κ1) is 15.1. The van der Waals surface area contributed by atoms with Crippen molar-refractivity contribution in [2.24, 2.45) is 0 Å². The highest BCUT2D eigenvalue weighted by Gasteiger charge is 2.10. The smallest absolute Gasteiger partial charge is 0.335 e. The minimum absolute atomic E-state index is 0.0317. The number of rotatable bonds is 6. The van der Waals surface area contributed by atoms with Crippen LogP contribution in [-0.2, 0) is 11.3 Å². The minimum Gasteiger partial charge on any atom is -0.478 e. The highest BCUT2D eigenvalue weighted by molar-refractivity contribution is 5.94. The zero-order valence-electron chi connectivity index (χ0n) is 12.3. The average Bonchev–Trinajstić information content (AvgIpc) is 2.81. The van der Waals surface area contributed by atoms with E-state index in [-0.39, 0.29) is 24.1 Å². The Kier molecular flexibility index (Phi) is 4.62. The number of carbonyl (C=O) groups excluding carboxylic acids is 1. The van der Waals surface area contributed by atoms with E-state index >= 15 is 0 Å². The van der Waals surface area contributed by atoms with Crippen molar-refractivity contribution >= 4 is 22.8 Å². The Morgan fingerprint density at radius 1 is 1.33 bits per heavy atom. The second-order valence-corrected chi connectivity index (χ2v) is 5.28. The molecule has 0 bridgehead atoms. The predicted molar refractivity (Wildman–Crippen MR) is 81.4 cm³/mol. The number of nitrogens with zero attached hydrogens (tertiary/aromatic N) is 1. The zero-order valence-corrected chi connectivity index (χ0v) is 12.3. The molecule has 1 atom stereocenters. The van der Waals surface area contributed by atoms with Crippen LogP contribution in [0, 0.1) is 0 Å². The third kappa shape index (κ3) is 3.62. The molecule has 1 aromatic heterocycles. The maximum absolute atomic E-state index is 12.0. The molecule has 0 radical (unpaired) electrons. The summed E-state index contributed by atoms with van der Waals surface area (Å²) in [5.41, 5.74) is 1.11. The molecule has 5 nitrogen and oxygen atoms in total. The van der Waals surface area contributed by atoms with Gasteiger partial charge in [-0.05, 0) is 37.6 Å². The van der Waals surface area contributed by atoms with Crippen LogP contribution in [-0.4, -0.2) is 27.6 Å². The van der Waals surface area contributed by atoms with Gasteiger partial charge >= 0.3 is 5.97 Å². The molecular weight excluding hydrogens is 268 g/mol. The van der Waals surface area contributed by atoms with Crippen LogP contribution < -0.4 is 5.32 Å². The highest BCUT2D eigenvalue weighted by atomic mass is 16.4. The number of amides is 1. The first-order valence-corrected chi connectivity index (χ1v) is 7.12. The molecule has 1 amide bonds. The molecule has 0 saturated carbocycles. The Hall–Kier alpha value is -2.30. The number of carbonyl (C=O) groups is 2. The number of carboxylic acids is 1. The van der Waals surface area contributed by atoms with Crippen LogP contribution in [0.3, 0.4) is 0 Å². The van der Waals surface area contributed by atoms with E-state index in [0.29, 0.717) is 0 Å². The molecule has 0 fully saturated rings. The van der Waals surface area contributed by atoms with Crippen LogP contribution in [0.15, 0.2) is 30.5 Å². The second-order valence-electron chi connectivity index (χ2n) is 5.28. The number of fused-ring (bicyclic) bond motifs is 1. The quantitative estimate of drug-likeness (QED) is 0.858. The Bertz CT molecular complexity index is 661. The normalized spacial score (nSPS) is 12.3. The fourth-order valence-electron chi connectivity index (χ4n) is 2.45. The molecule has 0 aliphatic carbocycles. The Balaban J connectivity index is 2.12. The molecule has 2 N–H and O–H groups in total. The topological polar surface area (TPSA) is 71.3 Å². The van der Waals surface area contributed by atoms with Crippen molar-refractivity contribution in [2.45, 2.75) is 39.3 Å². The van der Waals surface area contributed by atoms with Gasteiger partial charge < -0.3 is 15.0 Å². The Morgan fingerprint density at radius 3 is 2.76 bits per heavy atom. The fraction of sp³-hybridized carbons (Fsp3) is 0.375. The predicted octanol–water partition coefficient (Wildman–Crippen LogP) is 2.64. The van der Waals surface area contributed by atoms with Crippen molar-refractivity contribution in [3.8, 4) is 0 Å². The molecule has 21 heavy (non-hydrogen) atoms. The van der Waals surface area contributed by atoms with Crippen LogP contribution in [0.25, 0.3) is 10.9 Å². The van der Waals surface area contributed by atoms with Crippen molar-refractivity contribution < 1.29 is 14.7 Å². The molecule has 2 aromatic rings. The first-order valence-electron chi connectivity index (χ1n) is 7.12. The van der Waals surface area contributed by atoms with E-state index in [4.69, 9.17) is 5.11 Å². The molecule has 1 unspecified atom stereocenters. The summed E-state index contributed by atoms with van der Waals surface area (Å²) in [4.78, 5) is 22.9. The van der Waals surface area contributed by atoms with E-state index in [0.717, 1.165) is 23.7 Å². The van der Waals surface area contributed by atoms with E-state index in [9.17, 15) is 9.59 Å². The monoisotopic (exact) mass is 288 g/mol. The molecule has 0 aliphatic rings. The van der Waals surface area contributed by atoms with Gasteiger partial charge in [-0.1, -0.05) is 13.3 Å². The third-order valence-electron chi connectivity index (χ3n) is 3.46. The second kappa shape index (κ2) is 6.43. The number of aromatic nitrogens is 1. The molecule has 0 spiro atoms. The van der Waals surface area contributed by atoms with Gasteiger partial charge in [0.1, 0.15) is 6.54 Å². The lowest BCUT2D eigenvalue weighted by Gasteiger charge is -2.13. The van der Waals surface area contributed by atoms with Gasteiger partial charge in [-0.25, -0.2) is 4.79 Å². The van der Waals surface area contributed by atoms with E-state index in [1.54, 1.807) is 24.4 Å². The van der Waals surface area contributed by atoms with Gasteiger partial charge in [-0.2, -0.15) is 0 Å². The van der Waals surface area contributed by atoms with E-state index in [1.807, 2.05) is 17.6 Å². The van der Waals surface area contributed by atoms with Crippen LogP contribution in [0.2, 0.25) is 0 Å². The standard InChI is InChI=1S/C16H20N2O3/c1-3-4-11(2)17-15(19)10-18-8-7-12-9-13(16(20)21)5-6-14(12)18/h5-9,11H,3-4,10H2,1-2H3,(H,17,19)(H,20,21). The number of nitrogens with one attached hydrogen (secondary N) is 1. The van der Waals surface area contributed by atoms with Gasteiger partial charge in [0, 0.05) is 23.1 Å². The number of carboxylic acid groups (broad SMARTS) is 1. The van der Waals surface area contributed by atoms with Crippen molar-refractivity contribution in [3.63, 3.8) is 0 Å². The fourth-order valence-corrected chi connectivity index (χ4v) is 2.45. The summed E-state index contributed by atoms with van der Waals surface area (Å²) in [7, 11) is 0. The first-order chi connectivity index (χ1) is 10.0. The lowest BCUT2D eigenvalue weighted by Crippen LogP contribution is -2.34. The van der Waals surface area contributed by atoms with E-state index in [2.05, 4.69) is 12.2 Å². The number of aromatic carboxylic acids is 1. The van der Waals surface area contributed by atoms with Crippen LogP contribution >= 0.6 is 0 Å². The summed E-state index contributed by atoms with van der Waals surface area (Å²) in [6.45, 7) is 4.32. The lowest BCUT2D eigenvalue weighted by atomic mass is 10.1. The Morgan fingerprint density at radius 2 is 2.10 bits per heavy atom. The van der Waals surface area contributed by atoms with Gasteiger partial charge in [0.2, 0.25) is 5.91 Å². The maximum atomic E-state index is 12.0. The van der Waals surface area contributed by atoms with Crippen LogP contribution in [0.5, 0.6) is 0 Å². The summed E-state index contributed by atoms with van der Waals surface area (Å²) in [6, 6.07) is 6.90. The summed E-state index contributed by atoms with van der Waals surface area (Å²) in [5.74, 6) is -0.980. The lowest BCUT2D eigenvalue weighted by molar-refractivity contribution is -0.122. The molecule has 0 aliphatic heterocycles. The van der Waals surface area contributed by atoms with Gasteiger partial charge in [0.05, 0.1) is 5.56 Å².